The van der Waals surface area contributed by atoms with Crippen molar-refractivity contribution < 1.29 is 13.5 Å². The second-order valence-corrected chi connectivity index (χ2v) is 7.97. The maximum atomic E-state index is 13.5. The first-order valence-corrected chi connectivity index (χ1v) is 10.4. The Hall–Kier alpha value is -3.53. The molecule has 0 bridgehead atoms. The minimum absolute atomic E-state index is 0.0932. The van der Waals surface area contributed by atoms with Gasteiger partial charge in [0.1, 0.15) is 23.2 Å². The van der Waals surface area contributed by atoms with Crippen molar-refractivity contribution >= 4 is 11.6 Å². The maximum Gasteiger partial charge on any atom is 0.368 e. The highest BCUT2D eigenvalue weighted by Crippen LogP contribution is 2.37. The van der Waals surface area contributed by atoms with E-state index in [1.54, 1.807) is 24.3 Å². The number of aryl methyl sites for hydroxylation is 4. The molecule has 4 aromatic rings. The largest absolute Gasteiger partial charge is 0.489 e. The van der Waals surface area contributed by atoms with Gasteiger partial charge in [0.25, 0.3) is 6.43 Å². The average molecular weight is 475 g/mol. The molecule has 33 heavy (non-hydrogen) atoms. The maximum absolute atomic E-state index is 13.5. The first-order chi connectivity index (χ1) is 15.7. The topological polar surface area (TPSA) is 79.8 Å². The van der Waals surface area contributed by atoms with Crippen LogP contribution >= 0.6 is 11.6 Å². The molecule has 0 N–H and O–H groups in total. The molecule has 2 aromatic carbocycles. The molecule has 2 heterocycles. The van der Waals surface area contributed by atoms with Crippen molar-refractivity contribution in [2.45, 2.75) is 26.9 Å². The zero-order valence-electron chi connectivity index (χ0n) is 18.4. The van der Waals surface area contributed by atoms with E-state index >= 15 is 0 Å². The fourth-order valence-corrected chi connectivity index (χ4v) is 3.78. The molecular weight excluding hydrogens is 454 g/mol. The monoisotopic (exact) mass is 474 g/mol. The van der Waals surface area contributed by atoms with Crippen LogP contribution in [-0.2, 0) is 20.7 Å². The molecule has 0 aliphatic carbocycles. The second-order valence-electron chi connectivity index (χ2n) is 7.62. The summed E-state index contributed by atoms with van der Waals surface area (Å²) in [5, 5.41) is 11.7. The van der Waals surface area contributed by atoms with Gasteiger partial charge in [-0.2, -0.15) is 14.5 Å². The van der Waals surface area contributed by atoms with Crippen LogP contribution in [-0.4, -0.2) is 29.6 Å². The number of nitrogens with zero attached hydrogens (tertiary/aromatic N) is 6. The zero-order valence-corrected chi connectivity index (χ0v) is 19.1. The van der Waals surface area contributed by atoms with Gasteiger partial charge in [-0.3, -0.25) is 4.68 Å². The van der Waals surface area contributed by atoms with Gasteiger partial charge in [-0.05, 0) is 59.7 Å². The molecule has 172 valence electrons. The van der Waals surface area contributed by atoms with Gasteiger partial charge in [-0.1, -0.05) is 23.7 Å². The van der Waals surface area contributed by atoms with E-state index in [2.05, 4.69) is 15.5 Å². The first-order valence-electron chi connectivity index (χ1n) is 10.0. The van der Waals surface area contributed by atoms with Crippen LogP contribution in [0.5, 0.6) is 5.75 Å². The van der Waals surface area contributed by atoms with Crippen LogP contribution in [0.15, 0.2) is 41.2 Å². The smallest absolute Gasteiger partial charge is 0.368 e. The Labute approximate surface area is 193 Å². The summed E-state index contributed by atoms with van der Waals surface area (Å²) >= 11 is 6.00. The molecule has 2 aromatic heterocycles. The van der Waals surface area contributed by atoms with Gasteiger partial charge in [-0.15, -0.1) is 0 Å². The number of ether oxygens (including phenoxy) is 1. The highest BCUT2D eigenvalue weighted by molar-refractivity contribution is 6.30. The average Bonchev–Trinajstić information content (AvgIpc) is 3.26. The highest BCUT2D eigenvalue weighted by atomic mass is 35.5. The van der Waals surface area contributed by atoms with Gasteiger partial charge in [-0.25, -0.2) is 13.6 Å². The van der Waals surface area contributed by atoms with E-state index < -0.39 is 6.43 Å². The lowest BCUT2D eigenvalue weighted by molar-refractivity contribution is 0.152. The van der Waals surface area contributed by atoms with Crippen LogP contribution in [0.2, 0.25) is 5.15 Å². The zero-order chi connectivity index (χ0) is 23.9. The van der Waals surface area contributed by atoms with Crippen LogP contribution in [0.4, 0.5) is 8.78 Å². The highest BCUT2D eigenvalue weighted by Gasteiger charge is 2.24. The molecule has 0 spiro atoms. The summed E-state index contributed by atoms with van der Waals surface area (Å²) in [5.41, 5.74) is 2.99. The Morgan fingerprint density at radius 2 is 1.82 bits per heavy atom. The van der Waals surface area contributed by atoms with E-state index in [9.17, 15) is 13.6 Å². The lowest BCUT2D eigenvalue weighted by Gasteiger charge is -2.15. The summed E-state index contributed by atoms with van der Waals surface area (Å²) in [6.45, 7) is 3.90. The van der Waals surface area contributed by atoms with Crippen molar-refractivity contribution in [1.82, 2.24) is 29.6 Å². The predicted octanol–water partition coefficient (Wildman–Crippen LogP) is 4.15. The number of hydrogen-bond acceptors (Lipinski definition) is 5. The molecule has 0 aliphatic heterocycles. The molecule has 0 amide bonds. The number of benzene rings is 2. The molecule has 8 nitrogen and oxygen atoms in total. The molecule has 0 saturated heterocycles. The molecule has 4 rings (SSSR count). The van der Waals surface area contributed by atoms with E-state index in [1.165, 1.54) is 23.5 Å². The summed E-state index contributed by atoms with van der Waals surface area (Å²) in [5.74, 6) is 0.570. The number of alkyl halides is 2. The van der Waals surface area contributed by atoms with E-state index in [0.717, 1.165) is 21.4 Å². The standard InChI is InChI=1S/C22H21ClF2N6O2/c1-12-6-5-7-16(31-22(32)30(4)27-28-31)15(12)11-33-17-9-8-14(10-13(17)2)19-18(21(24)25)20(23)29(3)26-19/h5-10,21H,11H2,1-4H3. The van der Waals surface area contributed by atoms with Crippen LogP contribution in [0.25, 0.3) is 16.9 Å². The Kier molecular flexibility index (Phi) is 6.03. The SMILES string of the molecule is Cc1cc(-c2nn(C)c(Cl)c2C(F)F)ccc1OCc1c(C)cccc1-n1nnn(C)c1=O. The number of halogens is 3. The van der Waals surface area contributed by atoms with Gasteiger partial charge in [0.05, 0.1) is 11.3 Å². The Morgan fingerprint density at radius 3 is 2.45 bits per heavy atom. The lowest BCUT2D eigenvalue weighted by Crippen LogP contribution is -2.23. The van der Waals surface area contributed by atoms with Crippen LogP contribution in [0.1, 0.15) is 28.7 Å². The normalized spacial score (nSPS) is 11.4. The number of aromatic nitrogens is 6. The Balaban J connectivity index is 1.64. The second kappa shape index (κ2) is 8.78. The molecule has 0 saturated carbocycles. The summed E-state index contributed by atoms with van der Waals surface area (Å²) in [6.07, 6.45) is -2.75. The summed E-state index contributed by atoms with van der Waals surface area (Å²) in [6, 6.07) is 10.6. The Bertz CT molecular complexity index is 1390. The van der Waals surface area contributed by atoms with Crippen LogP contribution in [0.3, 0.4) is 0 Å². The predicted molar refractivity (Wildman–Crippen MR) is 119 cm³/mol. The van der Waals surface area contributed by atoms with E-state index in [4.69, 9.17) is 16.3 Å². The van der Waals surface area contributed by atoms with Gasteiger partial charge in [0.2, 0.25) is 0 Å². The molecule has 0 unspecified atom stereocenters. The minimum Gasteiger partial charge on any atom is -0.489 e. The minimum atomic E-state index is -2.75. The van der Waals surface area contributed by atoms with Crippen molar-refractivity contribution in [2.75, 3.05) is 0 Å². The first kappa shape index (κ1) is 22.7. The van der Waals surface area contributed by atoms with E-state index in [-0.39, 0.29) is 28.7 Å². The van der Waals surface area contributed by atoms with Crippen molar-refractivity contribution in [1.29, 1.82) is 0 Å². The Morgan fingerprint density at radius 1 is 1.06 bits per heavy atom. The van der Waals surface area contributed by atoms with E-state index in [1.807, 2.05) is 26.0 Å². The molecule has 0 aliphatic rings. The molecule has 0 radical (unpaired) electrons. The van der Waals surface area contributed by atoms with Gasteiger partial charge >= 0.3 is 5.69 Å². The van der Waals surface area contributed by atoms with Gasteiger partial charge in [0, 0.05) is 25.2 Å². The third kappa shape index (κ3) is 4.13. The molecule has 11 heteroatoms. The van der Waals surface area contributed by atoms with Crippen molar-refractivity contribution in [3.8, 4) is 22.7 Å². The lowest BCUT2D eigenvalue weighted by atomic mass is 10.0. The third-order valence-electron chi connectivity index (χ3n) is 5.39. The third-order valence-corrected chi connectivity index (χ3v) is 5.83. The van der Waals surface area contributed by atoms with Crippen molar-refractivity contribution in [3.63, 3.8) is 0 Å². The molecular formula is C22H21ClF2N6O2. The van der Waals surface area contributed by atoms with Crippen LogP contribution in [0, 0.1) is 13.8 Å². The van der Waals surface area contributed by atoms with Gasteiger partial charge < -0.3 is 4.74 Å². The number of hydrogen-bond donors (Lipinski definition) is 0. The summed E-state index contributed by atoms with van der Waals surface area (Å²) < 4.78 is 36.7. The van der Waals surface area contributed by atoms with Crippen LogP contribution < -0.4 is 10.4 Å². The van der Waals surface area contributed by atoms with Crippen molar-refractivity contribution in [3.05, 3.63) is 74.3 Å². The fraction of sp³-hybridized carbons (Fsp3) is 0.273. The number of rotatable bonds is 6. The molecule has 0 fully saturated rings. The van der Waals surface area contributed by atoms with Crippen molar-refractivity contribution in [2.24, 2.45) is 14.1 Å². The number of tetrazole rings is 1. The van der Waals surface area contributed by atoms with Gasteiger partial charge in [0.15, 0.2) is 0 Å². The molecule has 0 atom stereocenters. The fourth-order valence-electron chi connectivity index (χ4n) is 3.57. The van der Waals surface area contributed by atoms with E-state index in [0.29, 0.717) is 17.0 Å². The quantitative estimate of drug-likeness (QED) is 0.419. The summed E-state index contributed by atoms with van der Waals surface area (Å²) in [4.78, 5) is 12.3. The summed E-state index contributed by atoms with van der Waals surface area (Å²) in [7, 11) is 3.04.